The van der Waals surface area contributed by atoms with Crippen molar-refractivity contribution in [2.75, 3.05) is 13.7 Å². The Kier molecular flexibility index (Phi) is 9.05. The van der Waals surface area contributed by atoms with Crippen LogP contribution in [-0.4, -0.2) is 59.7 Å². The van der Waals surface area contributed by atoms with Crippen LogP contribution in [0.5, 0.6) is 5.75 Å². The summed E-state index contributed by atoms with van der Waals surface area (Å²) >= 11 is 0. The van der Waals surface area contributed by atoms with Crippen LogP contribution in [0.2, 0.25) is 0 Å². The Morgan fingerprint density at radius 2 is 1.54 bits per heavy atom. The fourth-order valence-electron chi connectivity index (χ4n) is 3.61. The first-order valence-electron chi connectivity index (χ1n) is 11.1. The lowest BCUT2D eigenvalue weighted by atomic mass is 10.0. The minimum absolute atomic E-state index is 0.00408. The van der Waals surface area contributed by atoms with Crippen molar-refractivity contribution >= 4 is 33.7 Å². The largest absolute Gasteiger partial charge is 0.497 e. The standard InChI is InChI=1S/C23H27BN4O7S2/c1-35-19-9-13-21(14-10-19)37(33,34)27(24)16-23(22(25)15-17-5-3-2-4-6-17)26-36(31,32)20-11-7-18(8-12-20)28(29)30/h2-14,22-23,26H,15-16,24-25H2,1H3/t22-,23+/m0/s1. The van der Waals surface area contributed by atoms with Crippen molar-refractivity contribution < 1.29 is 26.5 Å². The molecular weight excluding hydrogens is 519 g/mol. The summed E-state index contributed by atoms with van der Waals surface area (Å²) in [5.74, 6) is 0.486. The maximum Gasteiger partial charge on any atom is 0.269 e. The third-order valence-corrected chi connectivity index (χ3v) is 9.06. The van der Waals surface area contributed by atoms with Crippen molar-refractivity contribution in [3.05, 3.63) is 94.5 Å². The van der Waals surface area contributed by atoms with Gasteiger partial charge in [-0.3, -0.25) is 10.1 Å². The van der Waals surface area contributed by atoms with Crippen molar-refractivity contribution in [3.63, 3.8) is 0 Å². The van der Waals surface area contributed by atoms with Gasteiger partial charge in [0, 0.05) is 24.7 Å². The number of hydrogen-bond donors (Lipinski definition) is 2. The Morgan fingerprint density at radius 1 is 0.973 bits per heavy atom. The van der Waals surface area contributed by atoms with Gasteiger partial charge in [-0.1, -0.05) is 30.3 Å². The Bertz CT molecular complexity index is 1420. The number of non-ortho nitro benzene ring substituents is 1. The average molecular weight is 546 g/mol. The smallest absolute Gasteiger partial charge is 0.269 e. The molecule has 0 spiro atoms. The maximum absolute atomic E-state index is 13.2. The summed E-state index contributed by atoms with van der Waals surface area (Å²) in [6.07, 6.45) is 0.269. The van der Waals surface area contributed by atoms with Crippen molar-refractivity contribution in [2.24, 2.45) is 5.73 Å². The third kappa shape index (κ3) is 7.14. The lowest BCUT2D eigenvalue weighted by Gasteiger charge is -2.29. The minimum Gasteiger partial charge on any atom is -0.497 e. The lowest BCUT2D eigenvalue weighted by Crippen LogP contribution is -2.54. The summed E-state index contributed by atoms with van der Waals surface area (Å²) in [6.45, 7) is -0.269. The van der Waals surface area contributed by atoms with Gasteiger partial charge in [0.1, 0.15) is 5.75 Å². The Balaban J connectivity index is 1.89. The molecule has 0 aromatic heterocycles. The first kappa shape index (κ1) is 28.3. The molecule has 0 bridgehead atoms. The van der Waals surface area contributed by atoms with Crippen LogP contribution in [0, 0.1) is 10.1 Å². The molecular formula is C23H27BN4O7S2. The summed E-state index contributed by atoms with van der Waals surface area (Å²) in [6, 6.07) is 17.5. The minimum atomic E-state index is -4.19. The van der Waals surface area contributed by atoms with Crippen LogP contribution < -0.4 is 15.2 Å². The fraction of sp³-hybridized carbons (Fsp3) is 0.217. The van der Waals surface area contributed by atoms with Crippen molar-refractivity contribution in [2.45, 2.75) is 28.3 Å². The Labute approximate surface area is 216 Å². The van der Waals surface area contributed by atoms with E-state index in [9.17, 15) is 26.9 Å². The summed E-state index contributed by atoms with van der Waals surface area (Å²) in [4.78, 5) is 10.1. The van der Waals surface area contributed by atoms with E-state index in [-0.39, 0.29) is 28.4 Å². The van der Waals surface area contributed by atoms with Crippen LogP contribution in [0.4, 0.5) is 5.69 Å². The number of nitrogens with zero attached hydrogens (tertiary/aromatic N) is 2. The molecule has 0 radical (unpaired) electrons. The second-order valence-corrected chi connectivity index (χ2v) is 12.1. The number of benzene rings is 3. The molecule has 3 aromatic carbocycles. The molecule has 0 saturated carbocycles. The molecule has 3 N–H and O–H groups in total. The van der Waals surface area contributed by atoms with Crippen LogP contribution in [0.15, 0.2) is 88.7 Å². The van der Waals surface area contributed by atoms with Crippen molar-refractivity contribution in [1.82, 2.24) is 8.94 Å². The normalized spacial score (nSPS) is 13.7. The van der Waals surface area contributed by atoms with Gasteiger partial charge in [-0.15, -0.1) is 0 Å². The van der Waals surface area contributed by atoms with E-state index in [2.05, 4.69) is 4.72 Å². The van der Waals surface area contributed by atoms with E-state index in [1.165, 1.54) is 39.4 Å². The summed E-state index contributed by atoms with van der Waals surface area (Å²) < 4.78 is 61.3. The third-order valence-electron chi connectivity index (χ3n) is 5.72. The van der Waals surface area contributed by atoms with Gasteiger partial charge in [-0.05, 0) is 48.4 Å². The fourth-order valence-corrected chi connectivity index (χ4v) is 6.08. The highest BCUT2D eigenvalue weighted by molar-refractivity contribution is 7.90. The van der Waals surface area contributed by atoms with Crippen molar-refractivity contribution in [1.29, 1.82) is 0 Å². The zero-order valence-corrected chi connectivity index (χ0v) is 21.9. The van der Waals surface area contributed by atoms with E-state index in [1.54, 1.807) is 0 Å². The summed E-state index contributed by atoms with van der Waals surface area (Å²) in [5.41, 5.74) is 6.99. The van der Waals surface area contributed by atoms with E-state index in [0.717, 1.165) is 34.0 Å². The van der Waals surface area contributed by atoms with Crippen LogP contribution in [-0.2, 0) is 26.5 Å². The van der Waals surface area contributed by atoms with E-state index >= 15 is 0 Å². The van der Waals surface area contributed by atoms with Crippen LogP contribution >= 0.6 is 0 Å². The maximum atomic E-state index is 13.2. The molecule has 0 aliphatic heterocycles. The number of nitro groups is 1. The molecule has 0 amide bonds. The van der Waals surface area contributed by atoms with E-state index in [1.807, 2.05) is 30.3 Å². The zero-order chi connectivity index (χ0) is 27.2. The van der Waals surface area contributed by atoms with E-state index in [0.29, 0.717) is 5.75 Å². The molecule has 0 fully saturated rings. The van der Waals surface area contributed by atoms with E-state index < -0.39 is 37.1 Å². The first-order chi connectivity index (χ1) is 17.4. The number of methoxy groups -OCH3 is 1. The van der Waals surface area contributed by atoms with Crippen LogP contribution in [0.3, 0.4) is 0 Å². The summed E-state index contributed by atoms with van der Waals surface area (Å²) in [7, 11) is -5.38. The number of ether oxygens (including phenoxy) is 1. The van der Waals surface area contributed by atoms with Gasteiger partial charge in [0.15, 0.2) is 0 Å². The van der Waals surface area contributed by atoms with Gasteiger partial charge in [0.2, 0.25) is 28.0 Å². The number of sulfonamides is 2. The second kappa shape index (κ2) is 11.8. The predicted molar refractivity (Wildman–Crippen MR) is 141 cm³/mol. The summed E-state index contributed by atoms with van der Waals surface area (Å²) in [5, 5.41) is 10.9. The van der Waals surface area contributed by atoms with Gasteiger partial charge >= 0.3 is 0 Å². The second-order valence-electron chi connectivity index (χ2n) is 8.29. The zero-order valence-electron chi connectivity index (χ0n) is 20.2. The Hall–Kier alpha value is -3.30. The highest BCUT2D eigenvalue weighted by Gasteiger charge is 2.30. The monoisotopic (exact) mass is 546 g/mol. The highest BCUT2D eigenvalue weighted by Crippen LogP contribution is 2.20. The lowest BCUT2D eigenvalue weighted by molar-refractivity contribution is -0.384. The topological polar surface area (TPSA) is 162 Å². The van der Waals surface area contributed by atoms with Gasteiger partial charge in [-0.2, -0.15) is 0 Å². The SMILES string of the molecule is BN(C[C@@H](NS(=O)(=O)c1ccc([N+](=O)[O-])cc1)[C@@H](N)Cc1ccccc1)S(=O)(=O)c1ccc(OC)cc1. The van der Waals surface area contributed by atoms with Gasteiger partial charge in [-0.25, -0.2) is 25.8 Å². The highest BCUT2D eigenvalue weighted by atomic mass is 32.2. The van der Waals surface area contributed by atoms with Crippen LogP contribution in [0.1, 0.15) is 5.56 Å². The number of nitrogens with two attached hydrogens (primary N) is 1. The molecule has 11 nitrogen and oxygen atoms in total. The predicted octanol–water partition coefficient (Wildman–Crippen LogP) is 1.06. The Morgan fingerprint density at radius 3 is 2.08 bits per heavy atom. The first-order valence-corrected chi connectivity index (χ1v) is 14.0. The average Bonchev–Trinajstić information content (AvgIpc) is 2.88. The molecule has 0 aliphatic carbocycles. The molecule has 3 aromatic rings. The number of nitro benzene ring substituents is 1. The van der Waals surface area contributed by atoms with Crippen LogP contribution in [0.25, 0.3) is 0 Å². The number of hydrogen-bond acceptors (Lipinski definition) is 8. The molecule has 37 heavy (non-hydrogen) atoms. The molecule has 0 unspecified atom stereocenters. The van der Waals surface area contributed by atoms with Gasteiger partial charge in [0.25, 0.3) is 5.69 Å². The molecule has 2 atom stereocenters. The number of nitrogens with one attached hydrogen (secondary N) is 1. The quantitative estimate of drug-likeness (QED) is 0.194. The molecule has 0 saturated heterocycles. The number of rotatable bonds is 12. The molecule has 0 heterocycles. The molecule has 0 aliphatic rings. The molecule has 196 valence electrons. The van der Waals surface area contributed by atoms with Gasteiger partial charge in [0.05, 0.1) is 27.9 Å². The molecule has 3 rings (SSSR count). The van der Waals surface area contributed by atoms with Gasteiger partial charge < -0.3 is 10.5 Å². The van der Waals surface area contributed by atoms with E-state index in [4.69, 9.17) is 10.5 Å². The molecule has 14 heteroatoms. The van der Waals surface area contributed by atoms with Crippen molar-refractivity contribution in [3.8, 4) is 5.75 Å².